The van der Waals surface area contributed by atoms with Crippen LogP contribution in [-0.2, 0) is 14.3 Å². The number of urea groups is 1. The van der Waals surface area contributed by atoms with Gasteiger partial charge in [-0.1, -0.05) is 20.3 Å². The number of hydrogen-bond acceptors (Lipinski definition) is 4. The number of primary amides is 1. The molecule has 0 aromatic carbocycles. The summed E-state index contributed by atoms with van der Waals surface area (Å²) in [5, 5.41) is 4.83. The highest BCUT2D eigenvalue weighted by Gasteiger charge is 2.27. The Hall–Kier alpha value is -1.79. The molecule has 0 spiro atoms. The van der Waals surface area contributed by atoms with Gasteiger partial charge in [0.05, 0.1) is 7.11 Å². The van der Waals surface area contributed by atoms with Crippen LogP contribution in [0.15, 0.2) is 0 Å². The highest BCUT2D eigenvalue weighted by atomic mass is 16.5. The van der Waals surface area contributed by atoms with E-state index in [-0.39, 0.29) is 5.92 Å². The molecule has 0 bridgehead atoms. The van der Waals surface area contributed by atoms with Gasteiger partial charge in [0.15, 0.2) is 0 Å². The van der Waals surface area contributed by atoms with Gasteiger partial charge in [-0.3, -0.25) is 4.79 Å². The van der Waals surface area contributed by atoms with E-state index in [1.165, 1.54) is 14.0 Å². The van der Waals surface area contributed by atoms with Gasteiger partial charge in [0.25, 0.3) is 0 Å². The summed E-state index contributed by atoms with van der Waals surface area (Å²) >= 11 is 0. The van der Waals surface area contributed by atoms with E-state index < -0.39 is 30.0 Å². The van der Waals surface area contributed by atoms with Crippen molar-refractivity contribution in [2.24, 2.45) is 11.7 Å². The summed E-state index contributed by atoms with van der Waals surface area (Å²) in [5.74, 6) is -1.10. The average molecular weight is 259 g/mol. The molecule has 0 aliphatic heterocycles. The number of hydrogen-bond donors (Lipinski definition) is 3. The molecule has 0 aliphatic rings. The molecule has 7 heteroatoms. The first-order chi connectivity index (χ1) is 8.33. The first-order valence-electron chi connectivity index (χ1n) is 5.77. The minimum atomic E-state index is -0.777. The minimum Gasteiger partial charge on any atom is -0.467 e. The molecule has 0 rings (SSSR count). The van der Waals surface area contributed by atoms with Crippen LogP contribution in [0.5, 0.6) is 0 Å². The number of nitrogens with two attached hydrogens (primary N) is 1. The standard InChI is InChI=1S/C11H21N3O4/c1-5-6(2)8(14-11(12)17)9(15)13-7(3)10(16)18-4/h6-8H,5H2,1-4H3,(H,13,15)(H3,12,14,17)/t6?,7-,8?/m0/s1. The van der Waals surface area contributed by atoms with Gasteiger partial charge in [0, 0.05) is 0 Å². The zero-order chi connectivity index (χ0) is 14.3. The smallest absolute Gasteiger partial charge is 0.328 e. The second kappa shape index (κ2) is 7.52. The molecule has 0 fully saturated rings. The predicted octanol–water partition coefficient (Wildman–Crippen LogP) is -0.253. The van der Waals surface area contributed by atoms with Crippen LogP contribution in [0.3, 0.4) is 0 Å². The van der Waals surface area contributed by atoms with Crippen LogP contribution < -0.4 is 16.4 Å². The Morgan fingerprint density at radius 1 is 1.22 bits per heavy atom. The van der Waals surface area contributed by atoms with E-state index in [9.17, 15) is 14.4 Å². The topological polar surface area (TPSA) is 111 Å². The number of ether oxygens (including phenoxy) is 1. The first-order valence-corrected chi connectivity index (χ1v) is 5.77. The highest BCUT2D eigenvalue weighted by Crippen LogP contribution is 2.08. The molecule has 0 heterocycles. The number of methoxy groups -OCH3 is 1. The summed E-state index contributed by atoms with van der Waals surface area (Å²) in [5.41, 5.74) is 5.02. The Morgan fingerprint density at radius 2 is 1.78 bits per heavy atom. The fraction of sp³-hybridized carbons (Fsp3) is 0.727. The summed E-state index contributed by atoms with van der Waals surface area (Å²) in [4.78, 5) is 34.0. The maximum Gasteiger partial charge on any atom is 0.328 e. The van der Waals surface area contributed by atoms with Crippen LogP contribution in [0, 0.1) is 5.92 Å². The highest BCUT2D eigenvalue weighted by molar-refractivity contribution is 5.90. The third kappa shape index (κ3) is 5.03. The lowest BCUT2D eigenvalue weighted by molar-refractivity contribution is -0.144. The fourth-order valence-electron chi connectivity index (χ4n) is 1.39. The first kappa shape index (κ1) is 16.2. The van der Waals surface area contributed by atoms with Crippen LogP contribution in [0.4, 0.5) is 4.79 Å². The van der Waals surface area contributed by atoms with Crippen molar-refractivity contribution in [3.8, 4) is 0 Å². The van der Waals surface area contributed by atoms with E-state index in [4.69, 9.17) is 5.73 Å². The monoisotopic (exact) mass is 259 g/mol. The minimum absolute atomic E-state index is 0.0950. The molecule has 4 N–H and O–H groups in total. The molecule has 0 radical (unpaired) electrons. The number of carbonyl (C=O) groups is 3. The summed E-state index contributed by atoms with van der Waals surface area (Å²) in [6.07, 6.45) is 0.685. The molecule has 104 valence electrons. The van der Waals surface area contributed by atoms with Crippen LogP contribution in [0.2, 0.25) is 0 Å². The third-order valence-electron chi connectivity index (χ3n) is 2.71. The summed E-state index contributed by atoms with van der Waals surface area (Å²) in [7, 11) is 1.23. The molecule has 0 aromatic rings. The zero-order valence-corrected chi connectivity index (χ0v) is 11.1. The van der Waals surface area contributed by atoms with Crippen molar-refractivity contribution in [2.45, 2.75) is 39.3 Å². The zero-order valence-electron chi connectivity index (χ0n) is 11.1. The number of amides is 3. The Morgan fingerprint density at radius 3 is 2.17 bits per heavy atom. The molecule has 0 saturated carbocycles. The molecule has 0 aliphatic carbocycles. The Balaban J connectivity index is 4.65. The van der Waals surface area contributed by atoms with E-state index in [0.717, 1.165) is 0 Å². The van der Waals surface area contributed by atoms with Gasteiger partial charge in [-0.25, -0.2) is 9.59 Å². The van der Waals surface area contributed by atoms with Crippen molar-refractivity contribution in [1.29, 1.82) is 0 Å². The van der Waals surface area contributed by atoms with Crippen LogP contribution in [0.25, 0.3) is 0 Å². The van der Waals surface area contributed by atoms with Crippen molar-refractivity contribution in [1.82, 2.24) is 10.6 Å². The molecule has 2 unspecified atom stereocenters. The molecule has 7 nitrogen and oxygen atoms in total. The molecule has 0 aromatic heterocycles. The van der Waals surface area contributed by atoms with E-state index in [0.29, 0.717) is 6.42 Å². The SMILES string of the molecule is CCC(C)C(NC(N)=O)C(=O)N[C@@H](C)C(=O)OC. The average Bonchev–Trinajstić information content (AvgIpc) is 2.33. The van der Waals surface area contributed by atoms with Crippen molar-refractivity contribution in [3.63, 3.8) is 0 Å². The molecule has 18 heavy (non-hydrogen) atoms. The van der Waals surface area contributed by atoms with Crippen LogP contribution >= 0.6 is 0 Å². The van der Waals surface area contributed by atoms with E-state index >= 15 is 0 Å². The second-order valence-electron chi connectivity index (χ2n) is 4.13. The quantitative estimate of drug-likeness (QED) is 0.571. The molecular weight excluding hydrogens is 238 g/mol. The Kier molecular flexibility index (Phi) is 6.77. The lowest BCUT2D eigenvalue weighted by Crippen LogP contribution is -2.54. The van der Waals surface area contributed by atoms with Gasteiger partial charge in [-0.05, 0) is 12.8 Å². The van der Waals surface area contributed by atoms with Crippen molar-refractivity contribution >= 4 is 17.9 Å². The lowest BCUT2D eigenvalue weighted by Gasteiger charge is -2.23. The van der Waals surface area contributed by atoms with Gasteiger partial charge >= 0.3 is 12.0 Å². The maximum atomic E-state index is 11.9. The van der Waals surface area contributed by atoms with Gasteiger partial charge in [0.1, 0.15) is 12.1 Å². The van der Waals surface area contributed by atoms with E-state index in [2.05, 4.69) is 15.4 Å². The van der Waals surface area contributed by atoms with Crippen molar-refractivity contribution in [3.05, 3.63) is 0 Å². The summed E-state index contributed by atoms with van der Waals surface area (Å²) in [6, 6.07) is -2.32. The normalized spacial score (nSPS) is 15.1. The fourth-order valence-corrected chi connectivity index (χ4v) is 1.39. The van der Waals surface area contributed by atoms with Gasteiger partial charge < -0.3 is 21.1 Å². The number of nitrogens with one attached hydrogen (secondary N) is 2. The maximum absolute atomic E-state index is 11.9. The van der Waals surface area contributed by atoms with Gasteiger partial charge in [-0.2, -0.15) is 0 Å². The van der Waals surface area contributed by atoms with E-state index in [1.54, 1.807) is 0 Å². The molecule has 3 atom stereocenters. The largest absolute Gasteiger partial charge is 0.467 e. The Labute approximate surface area is 106 Å². The van der Waals surface area contributed by atoms with Crippen molar-refractivity contribution in [2.75, 3.05) is 7.11 Å². The van der Waals surface area contributed by atoms with Crippen LogP contribution in [0.1, 0.15) is 27.2 Å². The molecule has 0 saturated heterocycles. The molecule has 3 amide bonds. The van der Waals surface area contributed by atoms with Crippen LogP contribution in [-0.4, -0.2) is 37.1 Å². The number of carbonyl (C=O) groups excluding carboxylic acids is 3. The van der Waals surface area contributed by atoms with Gasteiger partial charge in [-0.15, -0.1) is 0 Å². The van der Waals surface area contributed by atoms with Crippen molar-refractivity contribution < 1.29 is 19.1 Å². The Bertz CT molecular complexity index is 319. The second-order valence-corrected chi connectivity index (χ2v) is 4.13. The summed E-state index contributed by atoms with van der Waals surface area (Å²) < 4.78 is 4.49. The summed E-state index contributed by atoms with van der Waals surface area (Å²) in [6.45, 7) is 5.20. The van der Waals surface area contributed by atoms with E-state index in [1.807, 2.05) is 13.8 Å². The lowest BCUT2D eigenvalue weighted by atomic mass is 9.98. The molecular formula is C11H21N3O4. The predicted molar refractivity (Wildman–Crippen MR) is 65.6 cm³/mol. The van der Waals surface area contributed by atoms with Gasteiger partial charge in [0.2, 0.25) is 5.91 Å². The number of esters is 1. The third-order valence-corrected chi connectivity index (χ3v) is 2.71. The number of rotatable bonds is 6.